The van der Waals surface area contributed by atoms with Gasteiger partial charge in [0.1, 0.15) is 18.1 Å². The van der Waals surface area contributed by atoms with E-state index in [2.05, 4.69) is 10.3 Å². The maximum absolute atomic E-state index is 13.7. The molecule has 2 aromatic carbocycles. The average Bonchev–Trinajstić information content (AvgIpc) is 2.86. The van der Waals surface area contributed by atoms with Crippen LogP contribution in [0.1, 0.15) is 47.2 Å². The second-order valence-corrected chi connectivity index (χ2v) is 9.46. The molecule has 1 amide bonds. The lowest BCUT2D eigenvalue weighted by Crippen LogP contribution is -2.30. The number of carbonyl (C=O) groups excluding carboxylic acids is 2. The van der Waals surface area contributed by atoms with E-state index < -0.39 is 17.5 Å². The van der Waals surface area contributed by atoms with Crippen LogP contribution in [0, 0.1) is 5.82 Å². The fraction of sp³-hybridized carbons (Fsp3) is 0.296. The van der Waals surface area contributed by atoms with Crippen LogP contribution in [0.4, 0.5) is 4.39 Å². The number of ketones is 1. The summed E-state index contributed by atoms with van der Waals surface area (Å²) in [5, 5.41) is 11.5. The van der Waals surface area contributed by atoms with Crippen LogP contribution in [0.3, 0.4) is 0 Å². The molecule has 0 fully saturated rings. The summed E-state index contributed by atoms with van der Waals surface area (Å²) in [7, 11) is 1.44. The molecular weight excluding hydrogens is 487 g/mol. The Morgan fingerprint density at radius 1 is 1.08 bits per heavy atom. The number of aromatic nitrogens is 1. The minimum Gasteiger partial charge on any atom is -0.493 e. The van der Waals surface area contributed by atoms with E-state index in [-0.39, 0.29) is 41.5 Å². The first kappa shape index (κ1) is 27.1. The third-order valence-corrected chi connectivity index (χ3v) is 5.67. The smallest absolute Gasteiger partial charge is 0.251 e. The molecule has 0 aliphatic carbocycles. The molecule has 2 N–H and O–H groups in total. The van der Waals surface area contributed by atoms with Crippen molar-refractivity contribution in [3.8, 4) is 22.8 Å². The van der Waals surface area contributed by atoms with Crippen LogP contribution >= 0.6 is 11.6 Å². The number of methoxy groups -OCH3 is 1. The molecule has 190 valence electrons. The number of pyridine rings is 1. The van der Waals surface area contributed by atoms with Gasteiger partial charge in [-0.1, -0.05) is 32.4 Å². The number of ether oxygens (including phenoxy) is 2. The normalized spacial score (nSPS) is 11.2. The molecule has 1 heterocycles. The van der Waals surface area contributed by atoms with Crippen molar-refractivity contribution in [2.75, 3.05) is 26.9 Å². The van der Waals surface area contributed by atoms with E-state index in [4.69, 9.17) is 26.2 Å². The quantitative estimate of drug-likeness (QED) is 0.397. The molecule has 0 saturated heterocycles. The van der Waals surface area contributed by atoms with E-state index >= 15 is 0 Å². The van der Waals surface area contributed by atoms with Crippen molar-refractivity contribution in [1.82, 2.24) is 10.3 Å². The zero-order chi connectivity index (χ0) is 26.5. The van der Waals surface area contributed by atoms with Gasteiger partial charge in [-0.15, -0.1) is 0 Å². The van der Waals surface area contributed by atoms with Crippen molar-refractivity contribution in [3.63, 3.8) is 0 Å². The molecule has 0 aliphatic heterocycles. The van der Waals surface area contributed by atoms with Crippen LogP contribution in [-0.4, -0.2) is 48.6 Å². The Bertz CT molecular complexity index is 1270. The third-order valence-electron chi connectivity index (χ3n) is 5.38. The van der Waals surface area contributed by atoms with Crippen molar-refractivity contribution in [1.29, 1.82) is 0 Å². The number of Topliss-reactive ketones (excluding diaryl/α,β-unsaturated/α-hetero) is 1. The Kier molecular flexibility index (Phi) is 8.66. The van der Waals surface area contributed by atoms with Crippen molar-refractivity contribution in [2.45, 2.75) is 26.2 Å². The van der Waals surface area contributed by atoms with Gasteiger partial charge in [-0.2, -0.15) is 0 Å². The van der Waals surface area contributed by atoms with E-state index in [1.165, 1.54) is 31.4 Å². The number of amides is 1. The molecule has 7 nitrogen and oxygen atoms in total. The summed E-state index contributed by atoms with van der Waals surface area (Å²) in [5.41, 5.74) is 2.04. The van der Waals surface area contributed by atoms with E-state index in [0.29, 0.717) is 22.8 Å². The summed E-state index contributed by atoms with van der Waals surface area (Å²) >= 11 is 5.95. The fourth-order valence-corrected chi connectivity index (χ4v) is 3.53. The molecule has 0 saturated carbocycles. The summed E-state index contributed by atoms with van der Waals surface area (Å²) in [6, 6.07) is 12.4. The molecule has 0 bridgehead atoms. The number of hydrogen-bond acceptors (Lipinski definition) is 6. The van der Waals surface area contributed by atoms with Gasteiger partial charge in [0.05, 0.1) is 31.0 Å². The summed E-state index contributed by atoms with van der Waals surface area (Å²) in [6.45, 7) is 5.65. The van der Waals surface area contributed by atoms with Crippen LogP contribution in [0.5, 0.6) is 11.5 Å². The predicted molar refractivity (Wildman–Crippen MR) is 136 cm³/mol. The maximum atomic E-state index is 13.7. The Hall–Kier alpha value is -3.49. The largest absolute Gasteiger partial charge is 0.493 e. The Morgan fingerprint density at radius 3 is 2.47 bits per heavy atom. The zero-order valence-electron chi connectivity index (χ0n) is 20.5. The number of carbonyl (C=O) groups is 2. The van der Waals surface area contributed by atoms with Gasteiger partial charge in [0.2, 0.25) is 0 Å². The second-order valence-electron chi connectivity index (χ2n) is 9.05. The molecule has 0 unspecified atom stereocenters. The first-order valence-corrected chi connectivity index (χ1v) is 11.6. The molecule has 0 aliphatic rings. The number of benzene rings is 2. The highest BCUT2D eigenvalue weighted by atomic mass is 35.5. The van der Waals surface area contributed by atoms with Crippen LogP contribution in [0.2, 0.25) is 5.02 Å². The minimum atomic E-state index is -0.545. The number of rotatable bonds is 9. The highest BCUT2D eigenvalue weighted by Gasteiger charge is 2.20. The Morgan fingerprint density at radius 2 is 1.83 bits per heavy atom. The summed E-state index contributed by atoms with van der Waals surface area (Å²) < 4.78 is 24.3. The standard InChI is InChI=1S/C27H28ClFN2O5/c1-27(2,3)18-13-21(16-5-7-20(29)19(28)11-16)31-22(14-18)23(33)15-30-26(34)17-6-8-24(36-10-9-32)25(12-17)35-4/h5-8,11-14,32H,9-10,15H2,1-4H3,(H,30,34). The van der Waals surface area contributed by atoms with Gasteiger partial charge in [-0.25, -0.2) is 9.37 Å². The van der Waals surface area contributed by atoms with Crippen molar-refractivity contribution in [2.24, 2.45) is 0 Å². The number of nitrogens with zero attached hydrogens (tertiary/aromatic N) is 1. The van der Waals surface area contributed by atoms with Crippen LogP contribution in [0.25, 0.3) is 11.3 Å². The van der Waals surface area contributed by atoms with Gasteiger partial charge < -0.3 is 19.9 Å². The molecule has 0 spiro atoms. The highest BCUT2D eigenvalue weighted by molar-refractivity contribution is 6.31. The molecule has 36 heavy (non-hydrogen) atoms. The van der Waals surface area contributed by atoms with Crippen molar-refractivity contribution in [3.05, 3.63) is 76.2 Å². The molecule has 0 atom stereocenters. The van der Waals surface area contributed by atoms with Crippen LogP contribution < -0.4 is 14.8 Å². The molecular formula is C27H28ClFN2O5. The lowest BCUT2D eigenvalue weighted by atomic mass is 9.86. The zero-order valence-corrected chi connectivity index (χ0v) is 21.3. The molecule has 1 aromatic heterocycles. The summed E-state index contributed by atoms with van der Waals surface area (Å²) in [5.74, 6) is -0.706. The van der Waals surface area contributed by atoms with Gasteiger partial charge in [0.15, 0.2) is 17.3 Å². The van der Waals surface area contributed by atoms with Gasteiger partial charge in [0.25, 0.3) is 5.91 Å². The van der Waals surface area contributed by atoms with E-state index in [1.54, 1.807) is 18.2 Å². The number of halogens is 2. The number of nitrogens with one attached hydrogen (secondary N) is 1. The topological polar surface area (TPSA) is 97.8 Å². The van der Waals surface area contributed by atoms with Crippen LogP contribution in [0.15, 0.2) is 48.5 Å². The van der Waals surface area contributed by atoms with Crippen molar-refractivity contribution >= 4 is 23.3 Å². The highest BCUT2D eigenvalue weighted by Crippen LogP contribution is 2.30. The summed E-state index contributed by atoms with van der Waals surface area (Å²) in [4.78, 5) is 30.2. The molecule has 9 heteroatoms. The fourth-order valence-electron chi connectivity index (χ4n) is 3.35. The van der Waals surface area contributed by atoms with E-state index in [1.807, 2.05) is 26.8 Å². The van der Waals surface area contributed by atoms with Gasteiger partial charge in [-0.05, 0) is 59.5 Å². The third kappa shape index (κ3) is 6.59. The lowest BCUT2D eigenvalue weighted by molar-refractivity contribution is 0.0902. The maximum Gasteiger partial charge on any atom is 0.251 e. The average molecular weight is 515 g/mol. The predicted octanol–water partition coefficient (Wildman–Crippen LogP) is 4.83. The minimum absolute atomic E-state index is 0.0428. The SMILES string of the molecule is COc1cc(C(=O)NCC(=O)c2cc(C(C)(C)C)cc(-c3ccc(F)c(Cl)c3)n2)ccc1OCCO. The Labute approximate surface area is 214 Å². The number of aliphatic hydroxyl groups is 1. The molecule has 3 rings (SSSR count). The van der Waals surface area contributed by atoms with Crippen molar-refractivity contribution < 1.29 is 28.6 Å². The van der Waals surface area contributed by atoms with Gasteiger partial charge in [-0.3, -0.25) is 9.59 Å². The first-order valence-electron chi connectivity index (χ1n) is 11.2. The Balaban J connectivity index is 1.82. The van der Waals surface area contributed by atoms with Crippen LogP contribution in [-0.2, 0) is 5.41 Å². The van der Waals surface area contributed by atoms with E-state index in [0.717, 1.165) is 5.56 Å². The van der Waals surface area contributed by atoms with E-state index in [9.17, 15) is 14.0 Å². The lowest BCUT2D eigenvalue weighted by Gasteiger charge is -2.21. The number of aliphatic hydroxyl groups excluding tert-OH is 1. The molecule has 0 radical (unpaired) electrons. The van der Waals surface area contributed by atoms with Gasteiger partial charge in [0, 0.05) is 11.1 Å². The van der Waals surface area contributed by atoms with Gasteiger partial charge >= 0.3 is 0 Å². The summed E-state index contributed by atoms with van der Waals surface area (Å²) in [6.07, 6.45) is 0. The number of hydrogen-bond donors (Lipinski definition) is 2. The first-order chi connectivity index (χ1) is 17.0. The molecule has 3 aromatic rings. The second kappa shape index (κ2) is 11.5. The monoisotopic (exact) mass is 514 g/mol.